The number of rotatable bonds is 5. The molecule has 0 spiro atoms. The van der Waals surface area contributed by atoms with Gasteiger partial charge in [-0.2, -0.15) is 0 Å². The van der Waals surface area contributed by atoms with Gasteiger partial charge in [-0.1, -0.05) is 37.5 Å². The molecule has 1 amide bonds. The van der Waals surface area contributed by atoms with Gasteiger partial charge in [0.25, 0.3) is 15.9 Å². The third kappa shape index (κ3) is 3.60. The summed E-state index contributed by atoms with van der Waals surface area (Å²) in [5, 5.41) is 1.07. The highest BCUT2D eigenvalue weighted by atomic mass is 32.2. The standard InChI is InChI=1S/C29H28N2O6S/c1-36-20-12-14-21(15-13-20)38(34,35)31-24-11-7-6-10-22(24)26-25-18(16-23(27(26)31)29(33)37-2)17-30(28(25)32)19-8-4-3-5-9-19/h6-7,10-16,19H,3-5,8-9,17H2,1-2H3. The average molecular weight is 533 g/mol. The van der Waals surface area contributed by atoms with Crippen molar-refractivity contribution < 1.29 is 27.5 Å². The summed E-state index contributed by atoms with van der Waals surface area (Å²) in [7, 11) is -1.40. The van der Waals surface area contributed by atoms with Gasteiger partial charge in [-0.3, -0.25) is 4.79 Å². The maximum Gasteiger partial charge on any atom is 0.340 e. The Morgan fingerprint density at radius 1 is 0.974 bits per heavy atom. The van der Waals surface area contributed by atoms with Crippen molar-refractivity contribution in [1.82, 2.24) is 8.87 Å². The summed E-state index contributed by atoms with van der Waals surface area (Å²) in [5.74, 6) is -0.249. The van der Waals surface area contributed by atoms with E-state index in [1.807, 2.05) is 11.0 Å². The Balaban J connectivity index is 1.67. The van der Waals surface area contributed by atoms with E-state index in [2.05, 4.69) is 0 Å². The zero-order valence-electron chi connectivity index (χ0n) is 21.3. The smallest absolute Gasteiger partial charge is 0.340 e. The first-order valence-corrected chi connectivity index (χ1v) is 14.2. The molecule has 1 aliphatic heterocycles. The number of benzene rings is 3. The fraction of sp³-hybridized carbons (Fsp3) is 0.310. The molecule has 2 aliphatic rings. The summed E-state index contributed by atoms with van der Waals surface area (Å²) in [4.78, 5) is 29.0. The van der Waals surface area contributed by atoms with E-state index in [0.717, 1.165) is 31.2 Å². The van der Waals surface area contributed by atoms with Crippen LogP contribution in [0.3, 0.4) is 0 Å². The second-order valence-electron chi connectivity index (χ2n) is 9.86. The van der Waals surface area contributed by atoms with E-state index in [4.69, 9.17) is 9.47 Å². The number of para-hydroxylation sites is 1. The highest BCUT2D eigenvalue weighted by Gasteiger charge is 2.39. The fourth-order valence-corrected chi connectivity index (χ4v) is 7.55. The van der Waals surface area contributed by atoms with Crippen LogP contribution in [-0.4, -0.2) is 49.4 Å². The molecule has 0 bridgehead atoms. The number of methoxy groups -OCH3 is 2. The lowest BCUT2D eigenvalue weighted by molar-refractivity contribution is 0.0602. The van der Waals surface area contributed by atoms with Crippen LogP contribution in [0, 0.1) is 0 Å². The van der Waals surface area contributed by atoms with Crippen LogP contribution in [0.2, 0.25) is 0 Å². The lowest BCUT2D eigenvalue weighted by Crippen LogP contribution is -2.36. The second-order valence-corrected chi connectivity index (χ2v) is 11.6. The maximum absolute atomic E-state index is 14.2. The molecule has 0 unspecified atom stereocenters. The van der Waals surface area contributed by atoms with E-state index < -0.39 is 16.0 Å². The van der Waals surface area contributed by atoms with Crippen molar-refractivity contribution in [2.24, 2.45) is 0 Å². The first-order chi connectivity index (χ1) is 18.4. The molecular weight excluding hydrogens is 504 g/mol. The molecule has 6 rings (SSSR count). The molecule has 9 heteroatoms. The van der Waals surface area contributed by atoms with E-state index >= 15 is 0 Å². The number of hydrogen-bond acceptors (Lipinski definition) is 6. The Kier molecular flexibility index (Phi) is 5.90. The van der Waals surface area contributed by atoms with Crippen molar-refractivity contribution in [1.29, 1.82) is 0 Å². The molecule has 196 valence electrons. The monoisotopic (exact) mass is 532 g/mol. The van der Waals surface area contributed by atoms with Gasteiger partial charge in [0.05, 0.1) is 41.3 Å². The molecule has 3 aromatic carbocycles. The SMILES string of the molecule is COC(=O)c1cc2c(c3c4ccccc4n(S(=O)(=O)c4ccc(OC)cc4)c13)C(=O)N(C1CCCCC1)C2. The predicted octanol–water partition coefficient (Wildman–Crippen LogP) is 5.12. The molecule has 0 atom stereocenters. The molecule has 1 fully saturated rings. The van der Waals surface area contributed by atoms with Crippen LogP contribution in [0.4, 0.5) is 0 Å². The molecule has 0 radical (unpaired) electrons. The molecule has 8 nitrogen and oxygen atoms in total. The summed E-state index contributed by atoms with van der Waals surface area (Å²) in [6, 6.07) is 14.9. The summed E-state index contributed by atoms with van der Waals surface area (Å²) in [5.41, 5.74) is 1.86. The fourth-order valence-electron chi connectivity index (χ4n) is 6.01. The van der Waals surface area contributed by atoms with E-state index in [9.17, 15) is 18.0 Å². The Labute approximate surface area is 220 Å². The summed E-state index contributed by atoms with van der Waals surface area (Å²) in [6.45, 7) is 0.392. The van der Waals surface area contributed by atoms with Crippen LogP contribution >= 0.6 is 0 Å². The minimum absolute atomic E-state index is 0.0347. The van der Waals surface area contributed by atoms with Gasteiger partial charge in [-0.25, -0.2) is 17.2 Å². The van der Waals surface area contributed by atoms with Crippen molar-refractivity contribution >= 4 is 43.7 Å². The van der Waals surface area contributed by atoms with Gasteiger partial charge >= 0.3 is 5.97 Å². The van der Waals surface area contributed by atoms with Gasteiger partial charge in [0.1, 0.15) is 5.75 Å². The minimum Gasteiger partial charge on any atom is -0.497 e. The lowest BCUT2D eigenvalue weighted by Gasteiger charge is -2.30. The van der Waals surface area contributed by atoms with Crippen molar-refractivity contribution in [2.75, 3.05) is 14.2 Å². The van der Waals surface area contributed by atoms with Gasteiger partial charge in [-0.05, 0) is 54.8 Å². The highest BCUT2D eigenvalue weighted by Crippen LogP contribution is 2.42. The average Bonchev–Trinajstić information content (AvgIpc) is 3.47. The van der Waals surface area contributed by atoms with Crippen LogP contribution in [0.5, 0.6) is 5.75 Å². The van der Waals surface area contributed by atoms with Gasteiger partial charge in [0, 0.05) is 23.4 Å². The largest absolute Gasteiger partial charge is 0.497 e. The highest BCUT2D eigenvalue weighted by molar-refractivity contribution is 7.90. The number of nitrogens with zero attached hydrogens (tertiary/aromatic N) is 2. The molecule has 38 heavy (non-hydrogen) atoms. The third-order valence-electron chi connectivity index (χ3n) is 7.81. The minimum atomic E-state index is -4.18. The Morgan fingerprint density at radius 3 is 2.37 bits per heavy atom. The first-order valence-electron chi connectivity index (χ1n) is 12.7. The molecule has 0 N–H and O–H groups in total. The first kappa shape index (κ1) is 24.5. The van der Waals surface area contributed by atoms with Crippen LogP contribution in [0.15, 0.2) is 59.5 Å². The molecule has 4 aromatic rings. The zero-order chi connectivity index (χ0) is 26.6. The molecule has 0 saturated heterocycles. The predicted molar refractivity (Wildman–Crippen MR) is 143 cm³/mol. The molecule has 2 heterocycles. The summed E-state index contributed by atoms with van der Waals surface area (Å²) in [6.07, 6.45) is 5.21. The number of fused-ring (bicyclic) bond motifs is 5. The topological polar surface area (TPSA) is 94.9 Å². The van der Waals surface area contributed by atoms with Crippen LogP contribution in [0.1, 0.15) is 58.4 Å². The molecule has 1 saturated carbocycles. The number of ether oxygens (including phenoxy) is 2. The molecular formula is C29H28N2O6S. The quantitative estimate of drug-likeness (QED) is 0.331. The van der Waals surface area contributed by atoms with Crippen LogP contribution in [-0.2, 0) is 21.3 Å². The number of amides is 1. The number of carbonyl (C=O) groups is 2. The Morgan fingerprint density at radius 2 is 1.68 bits per heavy atom. The number of hydrogen-bond donors (Lipinski definition) is 0. The Bertz CT molecular complexity index is 1700. The van der Waals surface area contributed by atoms with E-state index in [1.54, 1.807) is 36.4 Å². The van der Waals surface area contributed by atoms with Crippen LogP contribution in [0.25, 0.3) is 21.8 Å². The van der Waals surface area contributed by atoms with Gasteiger partial charge in [-0.15, -0.1) is 0 Å². The van der Waals surface area contributed by atoms with Gasteiger partial charge in [0.15, 0.2) is 0 Å². The zero-order valence-corrected chi connectivity index (χ0v) is 22.1. The van der Waals surface area contributed by atoms with Crippen molar-refractivity contribution in [2.45, 2.75) is 49.6 Å². The lowest BCUT2D eigenvalue weighted by atomic mass is 9.94. The summed E-state index contributed by atoms with van der Waals surface area (Å²) >= 11 is 0. The van der Waals surface area contributed by atoms with Gasteiger partial charge < -0.3 is 14.4 Å². The van der Waals surface area contributed by atoms with Crippen LogP contribution < -0.4 is 4.74 Å². The van der Waals surface area contributed by atoms with Crippen molar-refractivity contribution in [3.05, 3.63) is 71.3 Å². The van der Waals surface area contributed by atoms with E-state index in [-0.39, 0.29) is 27.9 Å². The number of esters is 1. The van der Waals surface area contributed by atoms with Crippen molar-refractivity contribution in [3.63, 3.8) is 0 Å². The number of carbonyl (C=O) groups excluding carboxylic acids is 2. The van der Waals surface area contributed by atoms with Gasteiger partial charge in [0.2, 0.25) is 0 Å². The number of aromatic nitrogens is 1. The molecule has 1 aromatic heterocycles. The summed E-state index contributed by atoms with van der Waals surface area (Å²) < 4.78 is 39.8. The Hall–Kier alpha value is -3.85. The van der Waals surface area contributed by atoms with E-state index in [0.29, 0.717) is 34.1 Å². The maximum atomic E-state index is 14.2. The third-order valence-corrected chi connectivity index (χ3v) is 9.54. The normalized spacial score (nSPS) is 16.3. The molecule has 1 aliphatic carbocycles. The second kappa shape index (κ2) is 9.16. The van der Waals surface area contributed by atoms with Crippen molar-refractivity contribution in [3.8, 4) is 5.75 Å². The van der Waals surface area contributed by atoms with E-state index in [1.165, 1.54) is 36.7 Å².